The third-order valence-electron chi connectivity index (χ3n) is 3.93. The van der Waals surface area contributed by atoms with Crippen LogP contribution in [0.2, 0.25) is 5.02 Å². The molecule has 0 saturated heterocycles. The summed E-state index contributed by atoms with van der Waals surface area (Å²) >= 11 is 5.97. The Hall–Kier alpha value is -1.29. The van der Waals surface area contributed by atoms with Gasteiger partial charge in [-0.15, -0.1) is 0 Å². The molecular weight excluding hydrogens is 286 g/mol. The van der Waals surface area contributed by atoms with Crippen molar-refractivity contribution in [2.75, 3.05) is 6.54 Å². The number of halogens is 1. The molecule has 21 heavy (non-hydrogen) atoms. The Balaban J connectivity index is 1.56. The summed E-state index contributed by atoms with van der Waals surface area (Å²) in [6, 6.07) is 12.0. The fourth-order valence-electron chi connectivity index (χ4n) is 2.60. The van der Waals surface area contributed by atoms with Crippen LogP contribution < -0.4 is 0 Å². The third kappa shape index (κ3) is 4.10. The van der Waals surface area contributed by atoms with Crippen molar-refractivity contribution in [1.29, 1.82) is 0 Å². The molecule has 1 saturated carbocycles. The number of aliphatic hydroxyl groups excluding tert-OH is 1. The van der Waals surface area contributed by atoms with Crippen LogP contribution in [-0.2, 0) is 6.54 Å². The van der Waals surface area contributed by atoms with E-state index >= 15 is 0 Å². The van der Waals surface area contributed by atoms with Crippen LogP contribution in [-0.4, -0.2) is 22.6 Å². The van der Waals surface area contributed by atoms with Crippen LogP contribution in [0.15, 0.2) is 47.1 Å². The lowest BCUT2D eigenvalue weighted by molar-refractivity contribution is 0.133. The van der Waals surface area contributed by atoms with E-state index in [1.165, 1.54) is 12.8 Å². The summed E-state index contributed by atoms with van der Waals surface area (Å²) in [5.41, 5.74) is 0.885. The molecule has 1 N–H and O–H groups in total. The minimum atomic E-state index is -0.471. The Bertz CT molecular complexity index is 566. The lowest BCUT2D eigenvalue weighted by Crippen LogP contribution is -2.27. The minimum absolute atomic E-state index is 0.471. The number of benzene rings is 1. The first-order valence-electron chi connectivity index (χ1n) is 7.42. The van der Waals surface area contributed by atoms with Crippen molar-refractivity contribution in [3.8, 4) is 0 Å². The summed E-state index contributed by atoms with van der Waals surface area (Å²) in [4.78, 5) is 2.40. The standard InChI is InChI=1S/C17H20ClNO2/c18-14-4-1-3-13(11-14)17(20)8-9-19(15-6-7-15)12-16-5-2-10-21-16/h1-5,10-11,15,17,20H,6-9,12H2. The number of hydrogen-bond donors (Lipinski definition) is 1. The maximum absolute atomic E-state index is 10.3. The molecule has 112 valence electrons. The molecule has 1 heterocycles. The van der Waals surface area contributed by atoms with Gasteiger partial charge in [0.05, 0.1) is 18.9 Å². The summed E-state index contributed by atoms with van der Waals surface area (Å²) < 4.78 is 5.43. The molecular formula is C17H20ClNO2. The molecule has 3 rings (SSSR count). The zero-order chi connectivity index (χ0) is 14.7. The maximum Gasteiger partial charge on any atom is 0.117 e. The van der Waals surface area contributed by atoms with Gasteiger partial charge in [-0.25, -0.2) is 0 Å². The van der Waals surface area contributed by atoms with Crippen LogP contribution in [0.1, 0.15) is 36.7 Å². The molecule has 0 bridgehead atoms. The van der Waals surface area contributed by atoms with Crippen LogP contribution >= 0.6 is 11.6 Å². The molecule has 1 aliphatic rings. The summed E-state index contributed by atoms with van der Waals surface area (Å²) in [7, 11) is 0. The third-order valence-corrected chi connectivity index (χ3v) is 4.16. The van der Waals surface area contributed by atoms with E-state index in [1.54, 1.807) is 6.26 Å². The summed E-state index contributed by atoms with van der Waals surface area (Å²) in [6.45, 7) is 1.68. The summed E-state index contributed by atoms with van der Waals surface area (Å²) in [6.07, 6.45) is 4.43. The first-order valence-corrected chi connectivity index (χ1v) is 7.80. The highest BCUT2D eigenvalue weighted by atomic mass is 35.5. The van der Waals surface area contributed by atoms with Gasteiger partial charge in [-0.05, 0) is 49.1 Å². The van der Waals surface area contributed by atoms with Gasteiger partial charge in [-0.2, -0.15) is 0 Å². The van der Waals surface area contributed by atoms with E-state index in [9.17, 15) is 5.11 Å². The van der Waals surface area contributed by atoms with Gasteiger partial charge < -0.3 is 9.52 Å². The Labute approximate surface area is 130 Å². The van der Waals surface area contributed by atoms with Crippen molar-refractivity contribution in [1.82, 2.24) is 4.90 Å². The van der Waals surface area contributed by atoms with Crippen molar-refractivity contribution in [2.45, 2.75) is 38.0 Å². The SMILES string of the molecule is OC(CCN(Cc1ccco1)C1CC1)c1cccc(Cl)c1. The second kappa shape index (κ2) is 6.65. The predicted octanol–water partition coefficient (Wildman–Crippen LogP) is 4.02. The number of rotatable bonds is 7. The van der Waals surface area contributed by atoms with Gasteiger partial charge in [0, 0.05) is 17.6 Å². The highest BCUT2D eigenvalue weighted by Crippen LogP contribution is 2.30. The van der Waals surface area contributed by atoms with E-state index in [2.05, 4.69) is 4.90 Å². The fraction of sp³-hybridized carbons (Fsp3) is 0.412. The molecule has 2 aromatic rings. The minimum Gasteiger partial charge on any atom is -0.468 e. The molecule has 0 aliphatic heterocycles. The lowest BCUT2D eigenvalue weighted by Gasteiger charge is -2.22. The summed E-state index contributed by atoms with van der Waals surface area (Å²) in [5.74, 6) is 0.985. The molecule has 0 amide bonds. The number of furan rings is 1. The average molecular weight is 306 g/mol. The molecule has 3 nitrogen and oxygen atoms in total. The highest BCUT2D eigenvalue weighted by molar-refractivity contribution is 6.30. The average Bonchev–Trinajstić information content (AvgIpc) is 3.20. The highest BCUT2D eigenvalue weighted by Gasteiger charge is 2.29. The quantitative estimate of drug-likeness (QED) is 0.839. The van der Waals surface area contributed by atoms with E-state index < -0.39 is 6.10 Å². The van der Waals surface area contributed by atoms with Gasteiger partial charge in [-0.3, -0.25) is 4.90 Å². The van der Waals surface area contributed by atoms with Gasteiger partial charge in [-0.1, -0.05) is 23.7 Å². The first kappa shape index (κ1) is 14.6. The molecule has 1 unspecified atom stereocenters. The normalized spacial score (nSPS) is 16.3. The van der Waals surface area contributed by atoms with Gasteiger partial charge in [0.25, 0.3) is 0 Å². The van der Waals surface area contributed by atoms with E-state index in [4.69, 9.17) is 16.0 Å². The number of aliphatic hydroxyl groups is 1. The molecule has 1 aliphatic carbocycles. The zero-order valence-corrected chi connectivity index (χ0v) is 12.7. The van der Waals surface area contributed by atoms with E-state index in [1.807, 2.05) is 36.4 Å². The van der Waals surface area contributed by atoms with Crippen LogP contribution in [0.3, 0.4) is 0 Å². The largest absolute Gasteiger partial charge is 0.468 e. The summed E-state index contributed by atoms with van der Waals surface area (Å²) in [5, 5.41) is 11.0. The fourth-order valence-corrected chi connectivity index (χ4v) is 2.80. The van der Waals surface area contributed by atoms with E-state index in [0.717, 1.165) is 24.4 Å². The lowest BCUT2D eigenvalue weighted by atomic mass is 10.1. The zero-order valence-electron chi connectivity index (χ0n) is 11.9. The second-order valence-corrected chi connectivity index (χ2v) is 6.08. The molecule has 0 radical (unpaired) electrons. The monoisotopic (exact) mass is 305 g/mol. The smallest absolute Gasteiger partial charge is 0.117 e. The van der Waals surface area contributed by atoms with Crippen molar-refractivity contribution in [3.05, 3.63) is 59.0 Å². The van der Waals surface area contributed by atoms with Crippen molar-refractivity contribution >= 4 is 11.6 Å². The molecule has 1 aromatic carbocycles. The van der Waals surface area contributed by atoms with Crippen LogP contribution in [0.4, 0.5) is 0 Å². The van der Waals surface area contributed by atoms with E-state index in [-0.39, 0.29) is 0 Å². The maximum atomic E-state index is 10.3. The Morgan fingerprint density at radius 3 is 2.81 bits per heavy atom. The molecule has 1 fully saturated rings. The van der Waals surface area contributed by atoms with Crippen molar-refractivity contribution in [3.63, 3.8) is 0 Å². The van der Waals surface area contributed by atoms with Gasteiger partial charge in [0.1, 0.15) is 5.76 Å². The van der Waals surface area contributed by atoms with Gasteiger partial charge >= 0.3 is 0 Å². The Kier molecular flexibility index (Phi) is 4.63. The topological polar surface area (TPSA) is 36.6 Å². The predicted molar refractivity (Wildman–Crippen MR) is 83.2 cm³/mol. The molecule has 4 heteroatoms. The Morgan fingerprint density at radius 2 is 2.14 bits per heavy atom. The van der Waals surface area contributed by atoms with Crippen LogP contribution in [0.25, 0.3) is 0 Å². The number of hydrogen-bond acceptors (Lipinski definition) is 3. The van der Waals surface area contributed by atoms with Gasteiger partial charge in [0.15, 0.2) is 0 Å². The van der Waals surface area contributed by atoms with E-state index in [0.29, 0.717) is 17.5 Å². The van der Waals surface area contributed by atoms with Crippen LogP contribution in [0.5, 0.6) is 0 Å². The number of nitrogens with zero attached hydrogens (tertiary/aromatic N) is 1. The van der Waals surface area contributed by atoms with Crippen LogP contribution in [0, 0.1) is 0 Å². The first-order chi connectivity index (χ1) is 10.2. The van der Waals surface area contributed by atoms with Gasteiger partial charge in [0.2, 0.25) is 0 Å². The molecule has 0 spiro atoms. The van der Waals surface area contributed by atoms with Crippen molar-refractivity contribution in [2.24, 2.45) is 0 Å². The van der Waals surface area contributed by atoms with Crippen molar-refractivity contribution < 1.29 is 9.52 Å². The Morgan fingerprint density at radius 1 is 1.29 bits per heavy atom. The molecule has 1 atom stereocenters. The second-order valence-electron chi connectivity index (χ2n) is 5.64. The molecule has 1 aromatic heterocycles.